The second-order valence-corrected chi connectivity index (χ2v) is 8.23. The highest BCUT2D eigenvalue weighted by molar-refractivity contribution is 6.30. The van der Waals surface area contributed by atoms with Gasteiger partial charge in [0, 0.05) is 17.0 Å². The lowest BCUT2D eigenvalue weighted by atomic mass is 9.96. The van der Waals surface area contributed by atoms with Crippen molar-refractivity contribution in [2.75, 3.05) is 13.1 Å². The number of rotatable bonds is 3. The van der Waals surface area contributed by atoms with Gasteiger partial charge in [-0.25, -0.2) is 4.79 Å². The van der Waals surface area contributed by atoms with E-state index in [0.717, 1.165) is 48.4 Å². The fourth-order valence-electron chi connectivity index (χ4n) is 4.01. The first-order valence-electron chi connectivity index (χ1n) is 9.70. The highest BCUT2D eigenvalue weighted by Gasteiger charge is 2.21. The van der Waals surface area contributed by atoms with Crippen LogP contribution in [-0.2, 0) is 6.54 Å². The van der Waals surface area contributed by atoms with Crippen molar-refractivity contribution < 1.29 is 9.52 Å². The predicted molar refractivity (Wildman–Crippen MR) is 113 cm³/mol. The van der Waals surface area contributed by atoms with Gasteiger partial charge in [-0.2, -0.15) is 0 Å². The van der Waals surface area contributed by atoms with Gasteiger partial charge in [-0.15, -0.1) is 0 Å². The quantitative estimate of drug-likeness (QED) is 0.604. The van der Waals surface area contributed by atoms with Crippen LogP contribution in [0, 0.1) is 12.8 Å². The molecule has 5 heteroatoms. The van der Waals surface area contributed by atoms with Gasteiger partial charge < -0.3 is 9.52 Å². The number of piperidine rings is 1. The maximum Gasteiger partial charge on any atom is 0.344 e. The number of halogens is 1. The van der Waals surface area contributed by atoms with Gasteiger partial charge in [-0.3, -0.25) is 4.90 Å². The molecule has 4 rings (SSSR count). The number of hydrogen-bond acceptors (Lipinski definition) is 4. The molecule has 0 bridgehead atoms. The summed E-state index contributed by atoms with van der Waals surface area (Å²) >= 11 is 5.98. The highest BCUT2D eigenvalue weighted by Crippen LogP contribution is 2.34. The number of likely N-dealkylation sites (tertiary alicyclic amines) is 1. The summed E-state index contributed by atoms with van der Waals surface area (Å²) in [5.41, 5.74) is 2.94. The molecule has 146 valence electrons. The van der Waals surface area contributed by atoms with E-state index >= 15 is 0 Å². The molecular weight excluding hydrogens is 374 g/mol. The third-order valence-corrected chi connectivity index (χ3v) is 6.06. The monoisotopic (exact) mass is 397 g/mol. The highest BCUT2D eigenvalue weighted by atomic mass is 35.5. The Morgan fingerprint density at radius 3 is 2.50 bits per heavy atom. The normalized spacial score (nSPS) is 16.0. The van der Waals surface area contributed by atoms with E-state index < -0.39 is 5.63 Å². The Hall–Kier alpha value is -2.30. The summed E-state index contributed by atoms with van der Waals surface area (Å²) in [6, 6.07) is 10.7. The largest absolute Gasteiger partial charge is 0.507 e. The van der Waals surface area contributed by atoms with Gasteiger partial charge in [0.05, 0.1) is 11.1 Å². The van der Waals surface area contributed by atoms with Crippen LogP contribution in [-0.4, -0.2) is 23.1 Å². The molecule has 1 aromatic heterocycles. The number of phenols is 1. The summed E-state index contributed by atoms with van der Waals surface area (Å²) in [7, 11) is 0. The molecule has 0 radical (unpaired) electrons. The molecule has 0 aliphatic carbocycles. The van der Waals surface area contributed by atoms with Gasteiger partial charge in [-0.05, 0) is 74.2 Å². The molecule has 1 aliphatic heterocycles. The first-order chi connectivity index (χ1) is 13.4. The van der Waals surface area contributed by atoms with E-state index in [1.54, 1.807) is 18.2 Å². The van der Waals surface area contributed by atoms with E-state index in [2.05, 4.69) is 11.8 Å². The van der Waals surface area contributed by atoms with Crippen molar-refractivity contribution in [1.29, 1.82) is 0 Å². The third kappa shape index (κ3) is 3.54. The Kier molecular flexibility index (Phi) is 5.17. The predicted octanol–water partition coefficient (Wildman–Crippen LogP) is 5.36. The Morgan fingerprint density at radius 1 is 1.14 bits per heavy atom. The molecule has 1 saturated heterocycles. The van der Waals surface area contributed by atoms with E-state index in [0.29, 0.717) is 28.3 Å². The topological polar surface area (TPSA) is 53.7 Å². The van der Waals surface area contributed by atoms with Crippen molar-refractivity contribution in [2.45, 2.75) is 33.2 Å². The van der Waals surface area contributed by atoms with Crippen molar-refractivity contribution in [2.24, 2.45) is 5.92 Å². The lowest BCUT2D eigenvalue weighted by Crippen LogP contribution is -2.32. The van der Waals surface area contributed by atoms with E-state index in [4.69, 9.17) is 16.0 Å². The lowest BCUT2D eigenvalue weighted by molar-refractivity contribution is 0.183. The average Bonchev–Trinajstić information content (AvgIpc) is 2.67. The van der Waals surface area contributed by atoms with Gasteiger partial charge in [0.25, 0.3) is 0 Å². The number of nitrogens with zero attached hydrogens (tertiary/aromatic N) is 1. The minimum atomic E-state index is -0.397. The van der Waals surface area contributed by atoms with Crippen molar-refractivity contribution in [1.82, 2.24) is 4.90 Å². The molecule has 0 amide bonds. The van der Waals surface area contributed by atoms with E-state index in [9.17, 15) is 9.90 Å². The Bertz CT molecular complexity index is 1060. The molecule has 0 atom stereocenters. The molecule has 3 aromatic rings. The number of fused-ring (bicyclic) bond motifs is 1. The van der Waals surface area contributed by atoms with Crippen LogP contribution >= 0.6 is 11.6 Å². The molecule has 2 heterocycles. The summed E-state index contributed by atoms with van der Waals surface area (Å²) in [6.07, 6.45) is 2.30. The zero-order valence-electron chi connectivity index (χ0n) is 16.2. The molecule has 0 spiro atoms. The van der Waals surface area contributed by atoms with Crippen LogP contribution < -0.4 is 5.63 Å². The second-order valence-electron chi connectivity index (χ2n) is 7.80. The van der Waals surface area contributed by atoms with Gasteiger partial charge in [0.1, 0.15) is 11.3 Å². The number of benzene rings is 2. The maximum absolute atomic E-state index is 12.8. The SMILES string of the molecule is Cc1c(-c2ccc(Cl)cc2)c(=O)oc2c(CN3CCC(C)CC3)c(O)ccc12. The lowest BCUT2D eigenvalue weighted by Gasteiger charge is -2.30. The average molecular weight is 398 g/mol. The summed E-state index contributed by atoms with van der Waals surface area (Å²) in [5.74, 6) is 0.910. The Labute approximate surface area is 169 Å². The zero-order chi connectivity index (χ0) is 19.8. The first-order valence-corrected chi connectivity index (χ1v) is 10.1. The molecule has 28 heavy (non-hydrogen) atoms. The Morgan fingerprint density at radius 2 is 1.82 bits per heavy atom. The van der Waals surface area contributed by atoms with Crippen LogP contribution in [0.1, 0.15) is 30.9 Å². The number of hydrogen-bond donors (Lipinski definition) is 1. The molecule has 1 N–H and O–H groups in total. The zero-order valence-corrected chi connectivity index (χ0v) is 16.9. The van der Waals surface area contributed by atoms with E-state index in [1.807, 2.05) is 25.1 Å². The molecule has 2 aromatic carbocycles. The van der Waals surface area contributed by atoms with Gasteiger partial charge in [0.15, 0.2) is 0 Å². The summed E-state index contributed by atoms with van der Waals surface area (Å²) in [4.78, 5) is 15.2. The summed E-state index contributed by atoms with van der Waals surface area (Å²) in [5, 5.41) is 12.0. The molecule has 1 aliphatic rings. The first kappa shape index (κ1) is 19.0. The standard InChI is InChI=1S/C23H24ClNO3/c1-14-9-11-25(12-10-14)13-19-20(26)8-7-18-15(2)21(23(27)28-22(18)19)16-3-5-17(24)6-4-16/h3-8,14,26H,9-13H2,1-2H3. The van der Waals surface area contributed by atoms with Crippen molar-refractivity contribution in [3.63, 3.8) is 0 Å². The van der Waals surface area contributed by atoms with Crippen molar-refractivity contribution >= 4 is 22.6 Å². The van der Waals surface area contributed by atoms with Crippen molar-refractivity contribution in [3.8, 4) is 16.9 Å². The van der Waals surface area contributed by atoms with Gasteiger partial charge in [0.2, 0.25) is 0 Å². The molecular formula is C23H24ClNO3. The number of aromatic hydroxyl groups is 1. The van der Waals surface area contributed by atoms with Crippen LogP contribution in [0.25, 0.3) is 22.1 Å². The fraction of sp³-hybridized carbons (Fsp3) is 0.348. The summed E-state index contributed by atoms with van der Waals surface area (Å²) in [6.45, 7) is 6.75. The fourth-order valence-corrected chi connectivity index (χ4v) is 4.13. The second kappa shape index (κ2) is 7.61. The maximum atomic E-state index is 12.8. The third-order valence-electron chi connectivity index (χ3n) is 5.80. The molecule has 4 nitrogen and oxygen atoms in total. The van der Waals surface area contributed by atoms with Crippen molar-refractivity contribution in [3.05, 3.63) is 63.0 Å². The smallest absolute Gasteiger partial charge is 0.344 e. The van der Waals surface area contributed by atoms with Crippen LogP contribution in [0.15, 0.2) is 45.6 Å². The van der Waals surface area contributed by atoms with Crippen LogP contribution in [0.5, 0.6) is 5.75 Å². The van der Waals surface area contributed by atoms with E-state index in [-0.39, 0.29) is 5.75 Å². The molecule has 0 unspecified atom stereocenters. The van der Waals surface area contributed by atoms with Crippen LogP contribution in [0.2, 0.25) is 5.02 Å². The number of phenolic OH excluding ortho intramolecular Hbond substituents is 1. The van der Waals surface area contributed by atoms with E-state index in [1.165, 1.54) is 0 Å². The van der Waals surface area contributed by atoms with Gasteiger partial charge >= 0.3 is 5.63 Å². The molecule has 0 saturated carbocycles. The van der Waals surface area contributed by atoms with Crippen LogP contribution in [0.3, 0.4) is 0 Å². The minimum Gasteiger partial charge on any atom is -0.507 e. The van der Waals surface area contributed by atoms with Crippen LogP contribution in [0.4, 0.5) is 0 Å². The minimum absolute atomic E-state index is 0.174. The Balaban J connectivity index is 1.81. The van der Waals surface area contributed by atoms with Gasteiger partial charge in [-0.1, -0.05) is 30.7 Å². The molecule has 1 fully saturated rings. The summed E-state index contributed by atoms with van der Waals surface area (Å²) < 4.78 is 5.76. The number of aryl methyl sites for hydroxylation is 1.